The van der Waals surface area contributed by atoms with Crippen molar-refractivity contribution in [2.75, 3.05) is 25.5 Å². The van der Waals surface area contributed by atoms with Gasteiger partial charge in [0.15, 0.2) is 17.6 Å². The smallest absolute Gasteiger partial charge is 0.330 e. The van der Waals surface area contributed by atoms with E-state index in [-0.39, 0.29) is 25.3 Å². The molecule has 0 aliphatic carbocycles. The number of hydrogen-bond acceptors (Lipinski definition) is 10. The molecule has 3 aliphatic rings. The summed E-state index contributed by atoms with van der Waals surface area (Å²) >= 11 is 0. The van der Waals surface area contributed by atoms with Gasteiger partial charge >= 0.3 is 5.69 Å². The number of benzene rings is 1. The Morgan fingerprint density at radius 3 is 2.76 bits per heavy atom. The van der Waals surface area contributed by atoms with Crippen LogP contribution in [0.3, 0.4) is 0 Å². The van der Waals surface area contributed by atoms with Crippen molar-refractivity contribution in [1.29, 1.82) is 0 Å². The maximum absolute atomic E-state index is 12.5. The molecule has 1 aromatic heterocycles. The van der Waals surface area contributed by atoms with Gasteiger partial charge in [0.05, 0.1) is 6.61 Å². The van der Waals surface area contributed by atoms with Crippen LogP contribution in [0.4, 0.5) is 0 Å². The second-order valence-electron chi connectivity index (χ2n) is 8.24. The molecule has 5 rings (SSSR count). The molecule has 1 aromatic carbocycles. The monoisotopic (exact) mass is 481 g/mol. The Morgan fingerprint density at radius 1 is 1.24 bits per heavy atom. The Bertz CT molecular complexity index is 1280. The number of para-hydroxylation sites is 1. The summed E-state index contributed by atoms with van der Waals surface area (Å²) in [5, 5.41) is 14.3. The average molecular weight is 481 g/mol. The summed E-state index contributed by atoms with van der Waals surface area (Å²) in [6, 6.07) is 9.03. The summed E-state index contributed by atoms with van der Waals surface area (Å²) in [4.78, 5) is 26.3. The minimum atomic E-state index is -4.09. The lowest BCUT2D eigenvalue weighted by molar-refractivity contribution is -0.174. The minimum Gasteiger partial charge on any atom is -0.491 e. The fraction of sp³-hybridized carbons (Fsp3) is 0.500. The SMILES string of the molecule is Cc1cn([C@@H]2O[C@@H]3CN[C@@]4(OCCOc5ccccc5)CS(=O)(=O)O[C@@]34[C@H]2O)c(=O)[nH]c1=O. The number of hydrogen-bond donors (Lipinski definition) is 3. The molecule has 0 saturated carbocycles. The number of ether oxygens (including phenoxy) is 3. The van der Waals surface area contributed by atoms with Crippen molar-refractivity contribution in [3.63, 3.8) is 0 Å². The van der Waals surface area contributed by atoms with Crippen LogP contribution in [-0.2, 0) is 23.8 Å². The topological polar surface area (TPSA) is 158 Å². The second-order valence-corrected chi connectivity index (χ2v) is 9.81. The van der Waals surface area contributed by atoms with Gasteiger partial charge in [0, 0.05) is 18.3 Å². The number of H-pyrrole nitrogens is 1. The van der Waals surface area contributed by atoms with Crippen molar-refractivity contribution >= 4 is 10.1 Å². The van der Waals surface area contributed by atoms with Gasteiger partial charge < -0.3 is 19.3 Å². The number of aromatic amines is 1. The Labute approximate surface area is 188 Å². The van der Waals surface area contributed by atoms with Crippen molar-refractivity contribution in [2.24, 2.45) is 0 Å². The Morgan fingerprint density at radius 2 is 2.00 bits per heavy atom. The molecule has 13 heteroatoms. The summed E-state index contributed by atoms with van der Waals surface area (Å²) in [5.74, 6) is 0.0621. The molecule has 0 radical (unpaired) electrons. The highest BCUT2D eigenvalue weighted by Crippen LogP contribution is 2.54. The fourth-order valence-electron chi connectivity index (χ4n) is 4.75. The molecule has 5 atom stereocenters. The summed E-state index contributed by atoms with van der Waals surface area (Å²) < 4.78 is 49.0. The number of aliphatic hydroxyl groups excluding tert-OH is 1. The van der Waals surface area contributed by atoms with Crippen LogP contribution in [0.1, 0.15) is 11.8 Å². The number of aromatic nitrogens is 2. The molecule has 2 aromatic rings. The highest BCUT2D eigenvalue weighted by atomic mass is 32.2. The van der Waals surface area contributed by atoms with Crippen molar-refractivity contribution in [3.05, 3.63) is 62.9 Å². The minimum absolute atomic E-state index is 0.00958. The third-order valence-corrected chi connectivity index (χ3v) is 7.49. The van der Waals surface area contributed by atoms with E-state index in [1.165, 1.54) is 13.1 Å². The molecule has 178 valence electrons. The van der Waals surface area contributed by atoms with Crippen LogP contribution in [0.25, 0.3) is 0 Å². The van der Waals surface area contributed by atoms with Crippen LogP contribution in [0.15, 0.2) is 46.1 Å². The summed E-state index contributed by atoms with van der Waals surface area (Å²) in [6.07, 6.45) is -2.59. The van der Waals surface area contributed by atoms with E-state index in [4.69, 9.17) is 18.4 Å². The summed E-state index contributed by atoms with van der Waals surface area (Å²) in [7, 11) is -4.09. The molecule has 3 N–H and O–H groups in total. The predicted molar refractivity (Wildman–Crippen MR) is 112 cm³/mol. The molecule has 0 unspecified atom stereocenters. The first-order chi connectivity index (χ1) is 15.7. The molecule has 4 heterocycles. The van der Waals surface area contributed by atoms with Crippen molar-refractivity contribution in [3.8, 4) is 5.75 Å². The van der Waals surface area contributed by atoms with Gasteiger partial charge in [-0.1, -0.05) is 18.2 Å². The predicted octanol–water partition coefficient (Wildman–Crippen LogP) is -1.40. The lowest BCUT2D eigenvalue weighted by atomic mass is 9.85. The third-order valence-electron chi connectivity index (χ3n) is 6.20. The maximum atomic E-state index is 12.5. The molecular weight excluding hydrogens is 458 g/mol. The maximum Gasteiger partial charge on any atom is 0.330 e. The number of aliphatic hydroxyl groups is 1. The van der Waals surface area contributed by atoms with Crippen LogP contribution in [0.5, 0.6) is 5.75 Å². The normalized spacial score (nSPS) is 34.2. The lowest BCUT2D eigenvalue weighted by Gasteiger charge is -2.37. The number of nitrogens with one attached hydrogen (secondary N) is 2. The van der Waals surface area contributed by atoms with Gasteiger partial charge in [-0.3, -0.25) is 23.8 Å². The van der Waals surface area contributed by atoms with Crippen LogP contribution in [0.2, 0.25) is 0 Å². The van der Waals surface area contributed by atoms with Crippen molar-refractivity contribution in [1.82, 2.24) is 14.9 Å². The van der Waals surface area contributed by atoms with E-state index >= 15 is 0 Å². The molecular formula is C20H23N3O9S. The first-order valence-corrected chi connectivity index (χ1v) is 11.9. The van der Waals surface area contributed by atoms with E-state index < -0.39 is 56.9 Å². The lowest BCUT2D eigenvalue weighted by Crippen LogP contribution is -2.64. The second kappa shape index (κ2) is 7.75. The quantitative estimate of drug-likeness (QED) is 0.331. The zero-order valence-electron chi connectivity index (χ0n) is 17.6. The largest absolute Gasteiger partial charge is 0.491 e. The van der Waals surface area contributed by atoms with Gasteiger partial charge in [-0.2, -0.15) is 8.42 Å². The van der Waals surface area contributed by atoms with E-state index in [0.29, 0.717) is 5.75 Å². The van der Waals surface area contributed by atoms with E-state index in [9.17, 15) is 23.1 Å². The Kier molecular flexibility index (Phi) is 5.23. The van der Waals surface area contributed by atoms with Crippen LogP contribution >= 0.6 is 0 Å². The first kappa shape index (κ1) is 22.3. The van der Waals surface area contributed by atoms with E-state index in [1.807, 2.05) is 18.2 Å². The molecule has 12 nitrogen and oxygen atoms in total. The van der Waals surface area contributed by atoms with Crippen molar-refractivity contribution < 1.29 is 31.9 Å². The standard InChI is InChI=1S/C20H23N3O9S/c1-12-10-23(18(26)22-16(12)25)17-15(24)20-14(31-17)9-21-19(20,11-33(27,28)32-20)30-8-7-29-13-5-3-2-4-6-13/h2-6,10,14-15,17,21,24H,7-9,11H2,1H3,(H,22,25,26)/t14-,15+,17-,19-,20-/m1/s1. The van der Waals surface area contributed by atoms with Crippen LogP contribution in [-0.4, -0.2) is 72.1 Å². The molecule has 3 saturated heterocycles. The van der Waals surface area contributed by atoms with E-state index in [2.05, 4.69) is 10.3 Å². The molecule has 0 amide bonds. The molecule has 3 fully saturated rings. The first-order valence-electron chi connectivity index (χ1n) is 10.3. The molecule has 0 bridgehead atoms. The van der Waals surface area contributed by atoms with E-state index in [0.717, 1.165) is 4.57 Å². The van der Waals surface area contributed by atoms with Crippen LogP contribution < -0.4 is 21.3 Å². The number of rotatable bonds is 6. The fourth-order valence-corrected chi connectivity index (χ4v) is 6.48. The van der Waals surface area contributed by atoms with E-state index in [1.54, 1.807) is 12.1 Å². The number of aryl methyl sites for hydroxylation is 1. The third kappa shape index (κ3) is 3.43. The highest BCUT2D eigenvalue weighted by molar-refractivity contribution is 7.87. The average Bonchev–Trinajstić information content (AvgIpc) is 3.29. The summed E-state index contributed by atoms with van der Waals surface area (Å²) in [5.41, 5.74) is -4.60. The molecule has 3 aliphatic heterocycles. The molecule has 1 spiro atoms. The van der Waals surface area contributed by atoms with Crippen LogP contribution in [0, 0.1) is 6.92 Å². The van der Waals surface area contributed by atoms with Gasteiger partial charge in [0.1, 0.15) is 30.3 Å². The van der Waals surface area contributed by atoms with Gasteiger partial charge in [-0.05, 0) is 19.1 Å². The number of nitrogens with zero attached hydrogens (tertiary/aromatic N) is 1. The van der Waals surface area contributed by atoms with Gasteiger partial charge in [-0.15, -0.1) is 0 Å². The Balaban J connectivity index is 1.43. The zero-order chi connectivity index (χ0) is 23.4. The van der Waals surface area contributed by atoms with Gasteiger partial charge in [0.2, 0.25) is 0 Å². The summed E-state index contributed by atoms with van der Waals surface area (Å²) in [6.45, 7) is 1.71. The molecule has 33 heavy (non-hydrogen) atoms. The van der Waals surface area contributed by atoms with Gasteiger partial charge in [-0.25, -0.2) is 4.79 Å². The van der Waals surface area contributed by atoms with Crippen molar-refractivity contribution in [2.45, 2.75) is 36.7 Å². The van der Waals surface area contributed by atoms with Gasteiger partial charge in [0.25, 0.3) is 15.7 Å². The highest BCUT2D eigenvalue weighted by Gasteiger charge is 2.79. The zero-order valence-corrected chi connectivity index (χ0v) is 18.4. The Hall–Kier alpha value is -2.55.